The van der Waals surface area contributed by atoms with E-state index in [1.54, 1.807) is 6.20 Å². The summed E-state index contributed by atoms with van der Waals surface area (Å²) in [5.74, 6) is 0.502. The standard InChI is InChI=1S/C20H22F3N7/c1-28-7-4-25-17(28)11-29-5-2-19(12-29)3-6-30-16(19)9-15(27-30)13-8-14(20(21,22)23)18(24)26-10-13/h4,7-10H,2-3,5-6,11-12H2,1H3,(H2,24,26). The van der Waals surface area contributed by atoms with Crippen molar-refractivity contribution in [3.63, 3.8) is 0 Å². The normalized spacial score (nSPS) is 21.6. The molecule has 1 atom stereocenters. The maximum Gasteiger partial charge on any atom is 0.419 e. The number of fused-ring (bicyclic) bond motifs is 2. The highest BCUT2D eigenvalue weighted by molar-refractivity contribution is 5.63. The summed E-state index contributed by atoms with van der Waals surface area (Å²) in [6, 6.07) is 2.96. The van der Waals surface area contributed by atoms with Crippen molar-refractivity contribution < 1.29 is 13.2 Å². The number of nitrogens with zero attached hydrogens (tertiary/aromatic N) is 6. The van der Waals surface area contributed by atoms with E-state index in [-0.39, 0.29) is 5.41 Å². The smallest absolute Gasteiger partial charge is 0.383 e. The lowest BCUT2D eigenvalue weighted by Crippen LogP contribution is -2.29. The van der Waals surface area contributed by atoms with Gasteiger partial charge in [0.05, 0.1) is 17.8 Å². The van der Waals surface area contributed by atoms with Gasteiger partial charge in [-0.3, -0.25) is 9.58 Å². The topological polar surface area (TPSA) is 77.8 Å². The molecule has 2 aliphatic heterocycles. The Morgan fingerprint density at radius 2 is 1.97 bits per heavy atom. The van der Waals surface area contributed by atoms with Crippen LogP contribution < -0.4 is 5.73 Å². The summed E-state index contributed by atoms with van der Waals surface area (Å²) >= 11 is 0. The molecule has 10 heteroatoms. The molecule has 0 amide bonds. The van der Waals surface area contributed by atoms with E-state index in [2.05, 4.69) is 20.0 Å². The first-order valence-corrected chi connectivity index (χ1v) is 9.85. The van der Waals surface area contributed by atoms with Gasteiger partial charge in [0.1, 0.15) is 11.6 Å². The Balaban J connectivity index is 1.42. The van der Waals surface area contributed by atoms with Gasteiger partial charge in [0.15, 0.2) is 0 Å². The third-order valence-corrected chi connectivity index (χ3v) is 6.36. The van der Waals surface area contributed by atoms with Gasteiger partial charge in [-0.05, 0) is 31.5 Å². The number of hydrogen-bond acceptors (Lipinski definition) is 5. The molecule has 0 radical (unpaired) electrons. The van der Waals surface area contributed by atoms with Crippen LogP contribution in [0.3, 0.4) is 0 Å². The van der Waals surface area contributed by atoms with Crippen LogP contribution >= 0.6 is 0 Å². The maximum atomic E-state index is 13.2. The van der Waals surface area contributed by atoms with Crippen molar-refractivity contribution in [3.8, 4) is 11.3 Å². The van der Waals surface area contributed by atoms with E-state index in [0.717, 1.165) is 56.6 Å². The second-order valence-corrected chi connectivity index (χ2v) is 8.24. The number of nitrogen functional groups attached to an aromatic ring is 1. The fraction of sp³-hybridized carbons (Fsp3) is 0.450. The Hall–Kier alpha value is -2.88. The highest BCUT2D eigenvalue weighted by atomic mass is 19.4. The summed E-state index contributed by atoms with van der Waals surface area (Å²) in [6.07, 6.45) is 2.53. The Morgan fingerprint density at radius 3 is 2.70 bits per heavy atom. The summed E-state index contributed by atoms with van der Waals surface area (Å²) in [5, 5.41) is 4.58. The molecule has 0 bridgehead atoms. The zero-order chi connectivity index (χ0) is 21.1. The molecule has 0 aromatic carbocycles. The van der Waals surface area contributed by atoms with Crippen LogP contribution in [0.2, 0.25) is 0 Å². The van der Waals surface area contributed by atoms with Gasteiger partial charge in [0.2, 0.25) is 0 Å². The van der Waals surface area contributed by atoms with E-state index in [4.69, 9.17) is 5.73 Å². The number of aryl methyl sites for hydroxylation is 2. The second kappa shape index (κ2) is 6.56. The van der Waals surface area contributed by atoms with Crippen LogP contribution in [-0.2, 0) is 31.7 Å². The van der Waals surface area contributed by atoms with Crippen molar-refractivity contribution in [2.24, 2.45) is 7.05 Å². The van der Waals surface area contributed by atoms with E-state index in [9.17, 15) is 13.2 Å². The average molecular weight is 417 g/mol. The van der Waals surface area contributed by atoms with Gasteiger partial charge in [-0.15, -0.1) is 0 Å². The van der Waals surface area contributed by atoms with Crippen LogP contribution in [-0.4, -0.2) is 42.3 Å². The Bertz CT molecular complexity index is 1100. The van der Waals surface area contributed by atoms with Crippen LogP contribution in [0.1, 0.15) is 29.9 Å². The van der Waals surface area contributed by atoms with Gasteiger partial charge < -0.3 is 10.3 Å². The molecule has 7 nitrogen and oxygen atoms in total. The number of likely N-dealkylation sites (tertiary alicyclic amines) is 1. The summed E-state index contributed by atoms with van der Waals surface area (Å²) < 4.78 is 43.6. The van der Waals surface area contributed by atoms with Crippen molar-refractivity contribution in [2.75, 3.05) is 18.8 Å². The minimum Gasteiger partial charge on any atom is -0.383 e. The molecule has 5 rings (SSSR count). The summed E-state index contributed by atoms with van der Waals surface area (Å²) in [6.45, 7) is 3.39. The molecule has 30 heavy (non-hydrogen) atoms. The minimum absolute atomic E-state index is 0.0233. The monoisotopic (exact) mass is 417 g/mol. The second-order valence-electron chi connectivity index (χ2n) is 8.24. The minimum atomic E-state index is -4.55. The predicted molar refractivity (Wildman–Crippen MR) is 104 cm³/mol. The van der Waals surface area contributed by atoms with Crippen LogP contribution in [0, 0.1) is 0 Å². The number of rotatable bonds is 3. The molecule has 2 aliphatic rings. The first-order chi connectivity index (χ1) is 14.2. The highest BCUT2D eigenvalue weighted by Crippen LogP contribution is 2.44. The zero-order valence-corrected chi connectivity index (χ0v) is 16.5. The number of anilines is 1. The van der Waals surface area contributed by atoms with Crippen molar-refractivity contribution in [2.45, 2.75) is 37.5 Å². The van der Waals surface area contributed by atoms with Crippen molar-refractivity contribution in [1.29, 1.82) is 0 Å². The van der Waals surface area contributed by atoms with Crippen molar-refractivity contribution in [3.05, 3.63) is 47.8 Å². The zero-order valence-electron chi connectivity index (χ0n) is 16.5. The van der Waals surface area contributed by atoms with Crippen LogP contribution in [0.5, 0.6) is 0 Å². The Kier molecular flexibility index (Phi) is 4.18. The third kappa shape index (κ3) is 3.06. The van der Waals surface area contributed by atoms with Gasteiger partial charge in [-0.2, -0.15) is 18.3 Å². The number of alkyl halides is 3. The fourth-order valence-corrected chi connectivity index (χ4v) is 4.70. The molecular weight excluding hydrogens is 395 g/mol. The van der Waals surface area contributed by atoms with E-state index in [1.807, 2.05) is 28.6 Å². The molecule has 1 saturated heterocycles. The molecule has 2 N–H and O–H groups in total. The SMILES string of the molecule is Cn1ccnc1CN1CCC2(CCn3nc(-c4cnc(N)c(C(F)(F)F)c4)cc32)C1. The van der Waals surface area contributed by atoms with Crippen LogP contribution in [0.25, 0.3) is 11.3 Å². The lowest BCUT2D eigenvalue weighted by Gasteiger charge is -2.23. The molecular formula is C20H22F3N7. The first-order valence-electron chi connectivity index (χ1n) is 9.85. The molecule has 1 spiro atoms. The molecule has 0 aliphatic carbocycles. The first kappa shape index (κ1) is 19.1. The number of imidazole rings is 1. The lowest BCUT2D eigenvalue weighted by atomic mass is 9.82. The van der Waals surface area contributed by atoms with Gasteiger partial charge in [-0.1, -0.05) is 0 Å². The largest absolute Gasteiger partial charge is 0.419 e. The van der Waals surface area contributed by atoms with E-state index in [1.165, 1.54) is 6.20 Å². The molecule has 3 aromatic rings. The van der Waals surface area contributed by atoms with Crippen LogP contribution in [0.4, 0.5) is 19.0 Å². The number of pyridine rings is 1. The summed E-state index contributed by atoms with van der Waals surface area (Å²) in [5.41, 5.74) is 6.41. The molecule has 5 heterocycles. The molecule has 0 saturated carbocycles. The lowest BCUT2D eigenvalue weighted by molar-refractivity contribution is -0.137. The fourth-order valence-electron chi connectivity index (χ4n) is 4.70. The van der Waals surface area contributed by atoms with E-state index < -0.39 is 17.6 Å². The van der Waals surface area contributed by atoms with Gasteiger partial charge in [0, 0.05) is 55.4 Å². The van der Waals surface area contributed by atoms with Gasteiger partial charge in [0.25, 0.3) is 0 Å². The molecule has 1 fully saturated rings. The summed E-state index contributed by atoms with van der Waals surface area (Å²) in [4.78, 5) is 10.5. The van der Waals surface area contributed by atoms with Crippen molar-refractivity contribution >= 4 is 5.82 Å². The summed E-state index contributed by atoms with van der Waals surface area (Å²) in [7, 11) is 1.99. The van der Waals surface area contributed by atoms with Gasteiger partial charge >= 0.3 is 6.18 Å². The molecule has 1 unspecified atom stereocenters. The van der Waals surface area contributed by atoms with E-state index >= 15 is 0 Å². The maximum absolute atomic E-state index is 13.2. The van der Waals surface area contributed by atoms with E-state index in [0.29, 0.717) is 11.3 Å². The van der Waals surface area contributed by atoms with Gasteiger partial charge in [-0.25, -0.2) is 9.97 Å². The number of nitrogens with two attached hydrogens (primary N) is 1. The number of halogens is 3. The quantitative estimate of drug-likeness (QED) is 0.709. The third-order valence-electron chi connectivity index (χ3n) is 6.36. The Labute approximate surface area is 171 Å². The van der Waals surface area contributed by atoms with Crippen molar-refractivity contribution in [1.82, 2.24) is 29.2 Å². The highest BCUT2D eigenvalue weighted by Gasteiger charge is 2.46. The molecule has 158 valence electrons. The predicted octanol–water partition coefficient (Wildman–Crippen LogP) is 2.83. The Morgan fingerprint density at radius 1 is 1.17 bits per heavy atom. The number of hydrogen-bond donors (Lipinski definition) is 1. The van der Waals surface area contributed by atoms with Crippen LogP contribution in [0.15, 0.2) is 30.7 Å². The molecule has 3 aromatic heterocycles. The average Bonchev–Trinajstić information content (AvgIpc) is 3.44. The number of aromatic nitrogens is 5.